The van der Waals surface area contributed by atoms with E-state index in [1.165, 1.54) is 0 Å². The van der Waals surface area contributed by atoms with Crippen molar-refractivity contribution in [1.29, 1.82) is 0 Å². The molecule has 0 spiro atoms. The van der Waals surface area contributed by atoms with Crippen molar-refractivity contribution in [3.8, 4) is 17.0 Å². The third kappa shape index (κ3) is 4.50. The van der Waals surface area contributed by atoms with Crippen LogP contribution in [0.1, 0.15) is 48.6 Å². The molecule has 32 heavy (non-hydrogen) atoms. The first-order chi connectivity index (χ1) is 15.3. The van der Waals surface area contributed by atoms with E-state index in [0.717, 1.165) is 33.4 Å². The fraction of sp³-hybridized carbons (Fsp3) is 0.308. The van der Waals surface area contributed by atoms with Crippen molar-refractivity contribution in [2.75, 3.05) is 7.11 Å². The topological polar surface area (TPSA) is 58.0 Å². The van der Waals surface area contributed by atoms with Gasteiger partial charge in [-0.3, -0.25) is 5.01 Å². The number of nitrogens with zero attached hydrogens (tertiary/aromatic N) is 3. The van der Waals surface area contributed by atoms with Crippen LogP contribution in [0.15, 0.2) is 53.8 Å². The lowest BCUT2D eigenvalue weighted by molar-refractivity contribution is 0.253. The summed E-state index contributed by atoms with van der Waals surface area (Å²) in [5.41, 5.74) is 5.99. The predicted octanol–water partition coefficient (Wildman–Crippen LogP) is 5.04. The molecule has 0 radical (unpaired) electrons. The Labute approximate surface area is 188 Å². The van der Waals surface area contributed by atoms with Crippen LogP contribution < -0.4 is 4.74 Å². The van der Waals surface area contributed by atoms with Crippen molar-refractivity contribution < 1.29 is 14.2 Å². The maximum Gasteiger partial charge on any atom is 0.213 e. The summed E-state index contributed by atoms with van der Waals surface area (Å²) in [5.74, 6) is 0.336. The van der Waals surface area contributed by atoms with Gasteiger partial charge < -0.3 is 9.84 Å². The fourth-order valence-electron chi connectivity index (χ4n) is 3.84. The highest BCUT2D eigenvalue weighted by atomic mass is 19.1. The Hall–Kier alpha value is -3.25. The Morgan fingerprint density at radius 1 is 1.06 bits per heavy atom. The Morgan fingerprint density at radius 3 is 2.56 bits per heavy atom. The number of ether oxygens (including phenoxy) is 1. The van der Waals surface area contributed by atoms with E-state index in [1.54, 1.807) is 25.6 Å². The van der Waals surface area contributed by atoms with Crippen molar-refractivity contribution in [2.45, 2.75) is 45.9 Å². The van der Waals surface area contributed by atoms with Crippen LogP contribution in [0.5, 0.6) is 5.88 Å². The molecular formula is C26H28FN3O2. The average molecular weight is 434 g/mol. The van der Waals surface area contributed by atoms with E-state index >= 15 is 0 Å². The lowest BCUT2D eigenvalue weighted by Crippen LogP contribution is -2.24. The Bertz CT molecular complexity index is 1170. The van der Waals surface area contributed by atoms with E-state index in [9.17, 15) is 9.50 Å². The van der Waals surface area contributed by atoms with Gasteiger partial charge in [-0.2, -0.15) is 5.10 Å². The number of benzene rings is 2. The molecule has 1 aromatic heterocycles. The first-order valence-electron chi connectivity index (χ1n) is 10.6. The maximum atomic E-state index is 14.9. The average Bonchev–Trinajstić information content (AvgIpc) is 2.79. The molecule has 1 N–H and O–H groups in total. The number of aliphatic hydroxyl groups excluding tert-OH is 1. The van der Waals surface area contributed by atoms with Gasteiger partial charge >= 0.3 is 0 Å². The molecular weight excluding hydrogens is 405 g/mol. The number of aromatic nitrogens is 1. The summed E-state index contributed by atoms with van der Waals surface area (Å²) < 4.78 is 20.1. The minimum Gasteiger partial charge on any atom is -0.481 e. The lowest BCUT2D eigenvalue weighted by Gasteiger charge is -2.27. The minimum atomic E-state index is -0.201. The highest BCUT2D eigenvalue weighted by Gasteiger charge is 2.22. The van der Waals surface area contributed by atoms with Gasteiger partial charge in [0.25, 0.3) is 0 Å². The van der Waals surface area contributed by atoms with E-state index in [1.807, 2.05) is 41.4 Å². The molecule has 166 valence electrons. The van der Waals surface area contributed by atoms with Crippen molar-refractivity contribution >= 4 is 6.21 Å². The minimum absolute atomic E-state index is 0.0944. The zero-order chi connectivity index (χ0) is 22.9. The number of rotatable bonds is 5. The maximum absolute atomic E-state index is 14.9. The van der Waals surface area contributed by atoms with E-state index < -0.39 is 0 Å². The molecule has 0 atom stereocenters. The van der Waals surface area contributed by atoms with Crippen LogP contribution in [-0.2, 0) is 25.1 Å². The molecule has 1 aliphatic rings. The van der Waals surface area contributed by atoms with Gasteiger partial charge in [0.1, 0.15) is 5.82 Å². The van der Waals surface area contributed by atoms with Crippen LogP contribution in [0.25, 0.3) is 11.1 Å². The second-order valence-corrected chi connectivity index (χ2v) is 9.07. The molecule has 6 heteroatoms. The van der Waals surface area contributed by atoms with Crippen molar-refractivity contribution in [1.82, 2.24) is 9.99 Å². The van der Waals surface area contributed by atoms with Crippen LogP contribution in [-0.4, -0.2) is 28.4 Å². The van der Waals surface area contributed by atoms with Crippen LogP contribution in [0, 0.1) is 5.82 Å². The number of pyridine rings is 1. The number of fused-ring (bicyclic) bond motifs is 1. The third-order valence-corrected chi connectivity index (χ3v) is 5.80. The Morgan fingerprint density at radius 2 is 1.84 bits per heavy atom. The molecule has 4 rings (SSSR count). The zero-order valence-corrected chi connectivity index (χ0v) is 18.9. The lowest BCUT2D eigenvalue weighted by atomic mass is 9.85. The fourth-order valence-corrected chi connectivity index (χ4v) is 3.84. The first kappa shape index (κ1) is 22.0. The molecule has 2 heterocycles. The molecule has 3 aromatic rings. The van der Waals surface area contributed by atoms with Gasteiger partial charge in [-0.15, -0.1) is 0 Å². The van der Waals surface area contributed by atoms with E-state index in [0.29, 0.717) is 24.5 Å². The second-order valence-electron chi connectivity index (χ2n) is 9.07. The molecule has 0 bridgehead atoms. The van der Waals surface area contributed by atoms with Gasteiger partial charge in [-0.05, 0) is 57.5 Å². The van der Waals surface area contributed by atoms with Gasteiger partial charge in [-0.1, -0.05) is 32.9 Å². The van der Waals surface area contributed by atoms with Crippen LogP contribution >= 0.6 is 0 Å². The number of hydrogen-bond donors (Lipinski definition) is 1. The molecule has 0 unspecified atom stereocenters. The number of hydrazone groups is 1. The third-order valence-electron chi connectivity index (χ3n) is 5.80. The van der Waals surface area contributed by atoms with E-state index in [-0.39, 0.29) is 17.8 Å². The SMILES string of the molecule is COc1cc(-c2ccc(CN3Cc4c(F)cc(C(C)(C)C)cc4C=N3)c(CO)c2)ccn1. The molecule has 0 saturated heterocycles. The van der Waals surface area contributed by atoms with Crippen LogP contribution in [0.2, 0.25) is 0 Å². The Balaban J connectivity index is 1.57. The zero-order valence-electron chi connectivity index (χ0n) is 18.9. The second kappa shape index (κ2) is 8.71. The molecule has 5 nitrogen and oxygen atoms in total. The summed E-state index contributed by atoms with van der Waals surface area (Å²) in [5, 5.41) is 16.3. The van der Waals surface area contributed by atoms with Gasteiger partial charge in [-0.25, -0.2) is 9.37 Å². The monoisotopic (exact) mass is 433 g/mol. The van der Waals surface area contributed by atoms with Crippen LogP contribution in [0.3, 0.4) is 0 Å². The quantitative estimate of drug-likeness (QED) is 0.613. The summed E-state index contributed by atoms with van der Waals surface area (Å²) in [6, 6.07) is 13.4. The normalized spacial score (nSPS) is 13.2. The summed E-state index contributed by atoms with van der Waals surface area (Å²) in [6.07, 6.45) is 3.42. The summed E-state index contributed by atoms with van der Waals surface area (Å²) in [7, 11) is 1.58. The summed E-state index contributed by atoms with van der Waals surface area (Å²) in [4.78, 5) is 4.14. The van der Waals surface area contributed by atoms with Crippen LogP contribution in [0.4, 0.5) is 4.39 Å². The van der Waals surface area contributed by atoms with Crippen molar-refractivity contribution in [3.05, 3.63) is 82.3 Å². The van der Waals surface area contributed by atoms with E-state index in [2.05, 4.69) is 30.9 Å². The number of methoxy groups -OCH3 is 1. The molecule has 0 fully saturated rings. The number of hydrogen-bond acceptors (Lipinski definition) is 5. The van der Waals surface area contributed by atoms with Crippen molar-refractivity contribution in [2.24, 2.45) is 5.10 Å². The molecule has 0 aliphatic carbocycles. The van der Waals surface area contributed by atoms with Gasteiger partial charge in [0.15, 0.2) is 0 Å². The van der Waals surface area contributed by atoms with Crippen molar-refractivity contribution in [3.63, 3.8) is 0 Å². The largest absolute Gasteiger partial charge is 0.481 e. The highest BCUT2D eigenvalue weighted by Crippen LogP contribution is 2.30. The first-order valence-corrected chi connectivity index (χ1v) is 10.6. The van der Waals surface area contributed by atoms with Gasteiger partial charge in [0.05, 0.1) is 33.0 Å². The molecule has 2 aromatic carbocycles. The summed E-state index contributed by atoms with van der Waals surface area (Å²) in [6.45, 7) is 6.99. The number of aliphatic hydroxyl groups is 1. The molecule has 1 aliphatic heterocycles. The molecule has 0 amide bonds. The smallest absolute Gasteiger partial charge is 0.213 e. The number of halogens is 1. The molecule has 0 saturated carbocycles. The van der Waals surface area contributed by atoms with Gasteiger partial charge in [0, 0.05) is 23.4 Å². The van der Waals surface area contributed by atoms with Gasteiger partial charge in [0.2, 0.25) is 5.88 Å². The predicted molar refractivity (Wildman–Crippen MR) is 124 cm³/mol. The highest BCUT2D eigenvalue weighted by molar-refractivity contribution is 5.83. The standard InChI is InChI=1S/C26H28FN3O2/c1-26(2,3)22-10-20-13-29-30(15-23(20)24(27)12-22)14-19-6-5-17(9-21(19)16-31)18-7-8-28-25(11-18)32-4/h5-13,31H,14-16H2,1-4H3. The Kier molecular flexibility index (Phi) is 5.98. The summed E-state index contributed by atoms with van der Waals surface area (Å²) >= 11 is 0. The van der Waals surface area contributed by atoms with E-state index in [4.69, 9.17) is 4.74 Å².